The van der Waals surface area contributed by atoms with Crippen LogP contribution in [0.5, 0.6) is 0 Å². The minimum absolute atomic E-state index is 0.0250. The zero-order valence-electron chi connectivity index (χ0n) is 35.0. The molecule has 17 nitrogen and oxygen atoms in total. The fourth-order valence-electron chi connectivity index (χ4n) is 6.63. The van der Waals surface area contributed by atoms with E-state index in [0.29, 0.717) is 0 Å². The monoisotopic (exact) mass is 853 g/mol. The molecule has 1 fully saturated rings. The predicted octanol–water partition coefficient (Wildman–Crippen LogP) is 2.69. The molecule has 2 aromatic rings. The van der Waals surface area contributed by atoms with E-state index in [1.165, 1.54) is 28.5 Å². The van der Waals surface area contributed by atoms with E-state index >= 15 is 0 Å². The molecule has 1 saturated heterocycles. The van der Waals surface area contributed by atoms with Gasteiger partial charge in [0.1, 0.15) is 18.3 Å². The summed E-state index contributed by atoms with van der Waals surface area (Å²) in [6.07, 6.45) is 0.795. The van der Waals surface area contributed by atoms with Gasteiger partial charge in [-0.25, -0.2) is 13.8 Å². The number of aliphatic hydroxyl groups excluding tert-OH is 1. The van der Waals surface area contributed by atoms with Gasteiger partial charge < -0.3 is 29.2 Å². The molecule has 3 aliphatic rings. The highest BCUT2D eigenvalue weighted by molar-refractivity contribution is 7.90. The van der Waals surface area contributed by atoms with Crippen LogP contribution in [0.1, 0.15) is 71.5 Å². The smallest absolute Gasteiger partial charge is 0.333 e. The van der Waals surface area contributed by atoms with Crippen molar-refractivity contribution >= 4 is 26.8 Å². The van der Waals surface area contributed by atoms with Gasteiger partial charge in [0.05, 0.1) is 24.3 Å². The van der Waals surface area contributed by atoms with Gasteiger partial charge in [-0.2, -0.15) is 8.42 Å². The Bertz CT molecular complexity index is 2300. The number of nitrogens with two attached hydrogens (primary N) is 1. The van der Waals surface area contributed by atoms with Crippen molar-refractivity contribution in [1.82, 2.24) is 18.3 Å². The van der Waals surface area contributed by atoms with E-state index in [1.807, 2.05) is 47.0 Å². The van der Waals surface area contributed by atoms with Crippen LogP contribution >= 0.6 is 0 Å². The standard InChI is InChI=1S/C37H59N5O12SSi2/c1-23-18-41(28-15-14-25(20-43)51-28)33(46)39(30(23)44)16-13-17-40-31(45)24(2)19-42(34(40)47)32-29(53-57(11,12)36(6,7)8)37(26(38)22-55(48,49)54-37)27(52-32)21-50-56(9,10)35(3,4)5/h14-15,18-19,22,25,27-29,32,43H,13,16-17,20-21,38H2,1-12H3/t25-,27-,28+,29+,32-,37-/m1/s1. The number of aliphatic hydroxyl groups is 1. The second-order valence-corrected chi connectivity index (χ2v) is 29.2. The third-order valence-corrected chi connectivity index (χ3v) is 22.1. The molecule has 0 aromatic carbocycles. The Labute approximate surface area is 335 Å². The molecule has 1 spiro atoms. The molecule has 318 valence electrons. The summed E-state index contributed by atoms with van der Waals surface area (Å²) in [5, 5.41) is 9.71. The highest BCUT2D eigenvalue weighted by atomic mass is 32.2. The van der Waals surface area contributed by atoms with E-state index in [4.69, 9.17) is 28.2 Å². The summed E-state index contributed by atoms with van der Waals surface area (Å²) < 4.78 is 62.7. The summed E-state index contributed by atoms with van der Waals surface area (Å²) in [4.78, 5) is 54.8. The lowest BCUT2D eigenvalue weighted by atomic mass is 9.89. The molecule has 0 bridgehead atoms. The molecule has 3 aliphatic heterocycles. The largest absolute Gasteiger partial charge is 0.414 e. The molecule has 6 atom stereocenters. The SMILES string of the molecule is Cc1cn([C@@H]2C=C[C@H](CO)O2)c(=O)n(CCCn2c(=O)c(C)cn([C@@H]3O[C@H](CO[Si](C)(C)C(C)(C)C)[C@@]4(OS(=O)(=O)C=C4N)[C@H]3O[Si](C)(C)C(C)(C)C)c2=O)c1=O. The topological polar surface area (TPSA) is 215 Å². The van der Waals surface area contributed by atoms with Crippen molar-refractivity contribution in [2.24, 2.45) is 5.73 Å². The van der Waals surface area contributed by atoms with E-state index in [1.54, 1.807) is 19.1 Å². The Morgan fingerprint density at radius 1 is 0.842 bits per heavy atom. The second-order valence-electron chi connectivity index (χ2n) is 18.2. The average Bonchev–Trinajstić information content (AvgIpc) is 3.75. The first-order chi connectivity index (χ1) is 26.1. The average molecular weight is 854 g/mol. The third kappa shape index (κ3) is 8.34. The van der Waals surface area contributed by atoms with Crippen LogP contribution in [0.25, 0.3) is 0 Å². The lowest BCUT2D eigenvalue weighted by molar-refractivity contribution is -0.0567. The highest BCUT2D eigenvalue weighted by Crippen LogP contribution is 2.52. The van der Waals surface area contributed by atoms with Gasteiger partial charge >= 0.3 is 11.4 Å². The normalized spacial score (nSPS) is 26.5. The number of hydrogen-bond acceptors (Lipinski definition) is 13. The Balaban J connectivity index is 1.57. The van der Waals surface area contributed by atoms with Gasteiger partial charge in [-0.3, -0.25) is 27.9 Å². The first kappa shape index (κ1) is 44.9. The quantitative estimate of drug-likeness (QED) is 0.179. The second kappa shape index (κ2) is 15.4. The molecule has 57 heavy (non-hydrogen) atoms. The van der Waals surface area contributed by atoms with Gasteiger partial charge in [0, 0.05) is 36.6 Å². The first-order valence-corrected chi connectivity index (χ1v) is 26.4. The molecule has 0 aliphatic carbocycles. The predicted molar refractivity (Wildman–Crippen MR) is 218 cm³/mol. The van der Waals surface area contributed by atoms with Crippen LogP contribution in [-0.4, -0.2) is 85.6 Å². The Hall–Kier alpha value is -3.22. The number of rotatable bonds is 12. The Morgan fingerprint density at radius 3 is 1.84 bits per heavy atom. The molecular formula is C37H59N5O12SSi2. The van der Waals surface area contributed by atoms with E-state index < -0.39 is 90.7 Å². The Morgan fingerprint density at radius 2 is 1.37 bits per heavy atom. The summed E-state index contributed by atoms with van der Waals surface area (Å²) >= 11 is 0. The summed E-state index contributed by atoms with van der Waals surface area (Å²) in [5.41, 5.74) is 2.38. The van der Waals surface area contributed by atoms with Crippen LogP contribution in [0.15, 0.2) is 54.8 Å². The molecule has 5 heterocycles. The van der Waals surface area contributed by atoms with Gasteiger partial charge in [0.2, 0.25) is 0 Å². The maximum atomic E-state index is 14.5. The fourth-order valence-corrected chi connectivity index (χ4v) is 10.1. The molecule has 3 N–H and O–H groups in total. The van der Waals surface area contributed by atoms with Crippen molar-refractivity contribution in [3.8, 4) is 0 Å². The van der Waals surface area contributed by atoms with Gasteiger partial charge in [0.15, 0.2) is 34.7 Å². The minimum Gasteiger partial charge on any atom is -0.414 e. The van der Waals surface area contributed by atoms with Crippen molar-refractivity contribution < 1.29 is 36.0 Å². The van der Waals surface area contributed by atoms with Crippen molar-refractivity contribution in [2.75, 3.05) is 13.2 Å². The van der Waals surface area contributed by atoms with Crippen molar-refractivity contribution in [1.29, 1.82) is 0 Å². The van der Waals surface area contributed by atoms with E-state index in [9.17, 15) is 32.7 Å². The molecule has 0 radical (unpaired) electrons. The van der Waals surface area contributed by atoms with Gasteiger partial charge in [-0.05, 0) is 62.6 Å². The number of aromatic nitrogens is 4. The van der Waals surface area contributed by atoms with Crippen molar-refractivity contribution in [3.05, 3.63) is 88.5 Å². The molecule has 0 unspecified atom stereocenters. The third-order valence-electron chi connectivity index (χ3n) is 12.1. The lowest BCUT2D eigenvalue weighted by Crippen LogP contribution is -2.59. The molecule has 5 rings (SSSR count). The summed E-state index contributed by atoms with van der Waals surface area (Å²) in [6, 6.07) is 0. The summed E-state index contributed by atoms with van der Waals surface area (Å²) in [7, 11) is -9.61. The van der Waals surface area contributed by atoms with Gasteiger partial charge in [-0.15, -0.1) is 0 Å². The zero-order chi connectivity index (χ0) is 42.8. The zero-order valence-corrected chi connectivity index (χ0v) is 37.8. The van der Waals surface area contributed by atoms with E-state index in [2.05, 4.69) is 20.8 Å². The number of nitrogens with zero attached hydrogens (tertiary/aromatic N) is 4. The lowest BCUT2D eigenvalue weighted by Gasteiger charge is -2.43. The van der Waals surface area contributed by atoms with Gasteiger partial charge in [-0.1, -0.05) is 47.6 Å². The summed E-state index contributed by atoms with van der Waals surface area (Å²) in [6.45, 7) is 22.6. The molecular weight excluding hydrogens is 795 g/mol. The van der Waals surface area contributed by atoms with Crippen LogP contribution in [0.3, 0.4) is 0 Å². The van der Waals surface area contributed by atoms with Crippen molar-refractivity contribution in [2.45, 2.75) is 148 Å². The minimum atomic E-state index is -4.32. The molecule has 0 saturated carbocycles. The number of hydrogen-bond donors (Lipinski definition) is 2. The fraction of sp³-hybridized carbons (Fsp3) is 0.676. The van der Waals surface area contributed by atoms with Crippen LogP contribution in [0.4, 0.5) is 0 Å². The van der Waals surface area contributed by atoms with Crippen LogP contribution in [0.2, 0.25) is 36.3 Å². The molecule has 20 heteroatoms. The number of ether oxygens (including phenoxy) is 2. The maximum Gasteiger partial charge on any atom is 0.333 e. The van der Waals surface area contributed by atoms with E-state index in [-0.39, 0.29) is 54.6 Å². The first-order valence-electron chi connectivity index (χ1n) is 19.1. The number of aryl methyl sites for hydroxylation is 2. The van der Waals surface area contributed by atoms with Crippen LogP contribution < -0.4 is 28.2 Å². The van der Waals surface area contributed by atoms with E-state index in [0.717, 1.165) is 14.5 Å². The maximum absolute atomic E-state index is 14.5. The van der Waals surface area contributed by atoms with Crippen LogP contribution in [-0.2, 0) is 45.7 Å². The molecule has 2 aromatic heterocycles. The summed E-state index contributed by atoms with van der Waals surface area (Å²) in [5.74, 6) is 0. The highest BCUT2D eigenvalue weighted by Gasteiger charge is 2.67. The van der Waals surface area contributed by atoms with Crippen LogP contribution in [0, 0.1) is 13.8 Å². The Kier molecular flexibility index (Phi) is 12.1. The molecule has 0 amide bonds. The van der Waals surface area contributed by atoms with Gasteiger partial charge in [0.25, 0.3) is 21.2 Å². The van der Waals surface area contributed by atoms with Crippen molar-refractivity contribution in [3.63, 3.8) is 0 Å².